The van der Waals surface area contributed by atoms with E-state index in [1.54, 1.807) is 4.90 Å². The lowest BCUT2D eigenvalue weighted by Gasteiger charge is -2.35. The molecule has 1 saturated heterocycles. The monoisotopic (exact) mass is 336 g/mol. The number of nitrogens with zero attached hydrogens (tertiary/aromatic N) is 2. The fraction of sp³-hybridized carbons (Fsp3) is 0.467. The van der Waals surface area contributed by atoms with E-state index in [0.717, 1.165) is 36.4 Å². The van der Waals surface area contributed by atoms with E-state index in [4.69, 9.17) is 0 Å². The molecular formula is C15H20N4O3S. The number of aromatic amines is 1. The molecule has 3 rings (SSSR count). The van der Waals surface area contributed by atoms with Gasteiger partial charge in [-0.1, -0.05) is 18.2 Å². The molecule has 8 heteroatoms. The number of para-hydroxylation sites is 1. The normalized spacial score (nSPS) is 19.2. The smallest absolute Gasteiger partial charge is 0.275 e. The number of aromatic nitrogens is 2. The average molecular weight is 336 g/mol. The number of nitrogens with one attached hydrogen (secondary N) is 2. The van der Waals surface area contributed by atoms with Crippen LogP contribution in [-0.2, 0) is 10.0 Å². The van der Waals surface area contributed by atoms with Gasteiger partial charge in [0.15, 0.2) is 5.69 Å². The highest BCUT2D eigenvalue weighted by molar-refractivity contribution is 7.88. The third-order valence-corrected chi connectivity index (χ3v) is 4.83. The summed E-state index contributed by atoms with van der Waals surface area (Å²) in [5, 5.41) is 7.82. The summed E-state index contributed by atoms with van der Waals surface area (Å²) in [5.74, 6) is -0.151. The Morgan fingerprint density at radius 1 is 1.39 bits per heavy atom. The van der Waals surface area contributed by atoms with Gasteiger partial charge in [0, 0.05) is 24.5 Å². The fourth-order valence-corrected chi connectivity index (χ4v) is 3.49. The zero-order valence-corrected chi connectivity index (χ0v) is 13.8. The van der Waals surface area contributed by atoms with E-state index in [1.165, 1.54) is 0 Å². The Balaban J connectivity index is 1.83. The minimum absolute atomic E-state index is 0.138. The van der Waals surface area contributed by atoms with Crippen LogP contribution < -0.4 is 4.72 Å². The SMILES string of the molecule is CS(=O)(=O)NC[C@H]1CCCCN1C(=O)c1n[nH]c2ccccc12. The van der Waals surface area contributed by atoms with E-state index in [1.807, 2.05) is 24.3 Å². The molecule has 0 radical (unpaired) electrons. The summed E-state index contributed by atoms with van der Waals surface area (Å²) >= 11 is 0. The number of hydrogen-bond donors (Lipinski definition) is 2. The Hall–Kier alpha value is -1.93. The molecule has 0 unspecified atom stereocenters. The molecule has 124 valence electrons. The number of sulfonamides is 1. The molecule has 23 heavy (non-hydrogen) atoms. The zero-order chi connectivity index (χ0) is 16.4. The van der Waals surface area contributed by atoms with Crippen LogP contribution in [0.2, 0.25) is 0 Å². The minimum atomic E-state index is -3.27. The van der Waals surface area contributed by atoms with Crippen molar-refractivity contribution in [3.05, 3.63) is 30.0 Å². The quantitative estimate of drug-likeness (QED) is 0.874. The molecule has 0 bridgehead atoms. The van der Waals surface area contributed by atoms with Crippen LogP contribution in [0.4, 0.5) is 0 Å². The minimum Gasteiger partial charge on any atom is -0.333 e. The van der Waals surface area contributed by atoms with Crippen molar-refractivity contribution in [1.82, 2.24) is 19.8 Å². The van der Waals surface area contributed by atoms with Crippen molar-refractivity contribution in [1.29, 1.82) is 0 Å². The maximum absolute atomic E-state index is 12.9. The van der Waals surface area contributed by atoms with Crippen LogP contribution in [0.15, 0.2) is 24.3 Å². The topological polar surface area (TPSA) is 95.2 Å². The van der Waals surface area contributed by atoms with Gasteiger partial charge in [-0.2, -0.15) is 5.10 Å². The summed E-state index contributed by atoms with van der Waals surface area (Å²) < 4.78 is 25.2. The number of piperidine rings is 1. The lowest BCUT2D eigenvalue weighted by atomic mass is 10.0. The predicted octanol–water partition coefficient (Wildman–Crippen LogP) is 1.11. The summed E-state index contributed by atoms with van der Waals surface area (Å²) in [6.07, 6.45) is 3.82. The third kappa shape index (κ3) is 3.53. The maximum Gasteiger partial charge on any atom is 0.275 e. The summed E-state index contributed by atoms with van der Waals surface area (Å²) in [4.78, 5) is 14.6. The standard InChI is InChI=1S/C15H20N4O3S/c1-23(21,22)16-10-11-6-4-5-9-19(11)15(20)14-12-7-2-3-8-13(12)17-18-14/h2-3,7-8,11,16H,4-6,9-10H2,1H3,(H,17,18)/t11-/m1/s1. The number of amides is 1. The third-order valence-electron chi connectivity index (χ3n) is 4.14. The van der Waals surface area contributed by atoms with Crippen LogP contribution in [0.25, 0.3) is 10.9 Å². The summed E-state index contributed by atoms with van der Waals surface area (Å²) in [6.45, 7) is 0.864. The summed E-state index contributed by atoms with van der Waals surface area (Å²) in [6, 6.07) is 7.35. The predicted molar refractivity (Wildman–Crippen MR) is 87.6 cm³/mol. The molecule has 2 aromatic rings. The highest BCUT2D eigenvalue weighted by Gasteiger charge is 2.30. The van der Waals surface area contributed by atoms with Crippen molar-refractivity contribution in [2.24, 2.45) is 0 Å². The Bertz CT molecular complexity index is 815. The van der Waals surface area contributed by atoms with E-state index < -0.39 is 10.0 Å². The van der Waals surface area contributed by atoms with Crippen molar-refractivity contribution in [3.8, 4) is 0 Å². The van der Waals surface area contributed by atoms with E-state index in [9.17, 15) is 13.2 Å². The van der Waals surface area contributed by atoms with Crippen molar-refractivity contribution in [2.45, 2.75) is 25.3 Å². The largest absolute Gasteiger partial charge is 0.333 e. The Morgan fingerprint density at radius 3 is 2.96 bits per heavy atom. The number of hydrogen-bond acceptors (Lipinski definition) is 4. The first-order valence-corrected chi connectivity index (χ1v) is 9.53. The molecule has 7 nitrogen and oxygen atoms in total. The maximum atomic E-state index is 12.9. The molecule has 0 aliphatic carbocycles. The highest BCUT2D eigenvalue weighted by Crippen LogP contribution is 2.22. The van der Waals surface area contributed by atoms with Gasteiger partial charge in [0.05, 0.1) is 11.8 Å². The average Bonchev–Trinajstić information content (AvgIpc) is 2.96. The molecule has 1 aliphatic rings. The molecular weight excluding hydrogens is 316 g/mol. The fourth-order valence-electron chi connectivity index (χ4n) is 2.99. The van der Waals surface area contributed by atoms with Crippen LogP contribution in [-0.4, -0.2) is 54.8 Å². The molecule has 1 aromatic heterocycles. The Morgan fingerprint density at radius 2 is 2.17 bits per heavy atom. The summed E-state index contributed by atoms with van der Waals surface area (Å²) in [7, 11) is -3.27. The first kappa shape index (κ1) is 15.9. The van der Waals surface area contributed by atoms with Crippen LogP contribution in [0.1, 0.15) is 29.8 Å². The number of benzene rings is 1. The number of fused-ring (bicyclic) bond motifs is 1. The summed E-state index contributed by atoms with van der Waals surface area (Å²) in [5.41, 5.74) is 1.21. The second-order valence-corrected chi connectivity index (χ2v) is 7.72. The molecule has 0 spiro atoms. The number of carbonyl (C=O) groups excluding carboxylic acids is 1. The second-order valence-electron chi connectivity index (χ2n) is 5.89. The Kier molecular flexibility index (Phi) is 4.36. The van der Waals surface area contributed by atoms with Gasteiger partial charge in [-0.05, 0) is 25.3 Å². The van der Waals surface area contributed by atoms with E-state index in [0.29, 0.717) is 12.2 Å². The van der Waals surface area contributed by atoms with Gasteiger partial charge in [-0.25, -0.2) is 13.1 Å². The lowest BCUT2D eigenvalue weighted by molar-refractivity contribution is 0.0614. The van der Waals surface area contributed by atoms with Gasteiger partial charge in [-0.15, -0.1) is 0 Å². The van der Waals surface area contributed by atoms with Gasteiger partial charge in [0.25, 0.3) is 5.91 Å². The van der Waals surface area contributed by atoms with E-state index in [2.05, 4.69) is 14.9 Å². The van der Waals surface area contributed by atoms with Crippen LogP contribution in [0.3, 0.4) is 0 Å². The highest BCUT2D eigenvalue weighted by atomic mass is 32.2. The zero-order valence-electron chi connectivity index (χ0n) is 12.9. The van der Waals surface area contributed by atoms with Crippen molar-refractivity contribution < 1.29 is 13.2 Å². The van der Waals surface area contributed by atoms with E-state index >= 15 is 0 Å². The second kappa shape index (κ2) is 6.29. The molecule has 1 aromatic carbocycles. The number of carbonyl (C=O) groups is 1. The number of H-pyrrole nitrogens is 1. The number of likely N-dealkylation sites (tertiary alicyclic amines) is 1. The molecule has 1 fully saturated rings. The van der Waals surface area contributed by atoms with Crippen LogP contribution in [0, 0.1) is 0 Å². The van der Waals surface area contributed by atoms with Crippen molar-refractivity contribution in [3.63, 3.8) is 0 Å². The van der Waals surface area contributed by atoms with Crippen LogP contribution in [0.5, 0.6) is 0 Å². The van der Waals surface area contributed by atoms with Gasteiger partial charge in [0.2, 0.25) is 10.0 Å². The van der Waals surface area contributed by atoms with Gasteiger partial charge in [0.1, 0.15) is 0 Å². The first-order chi connectivity index (χ1) is 11.0. The molecule has 0 saturated carbocycles. The van der Waals surface area contributed by atoms with Gasteiger partial charge < -0.3 is 4.90 Å². The van der Waals surface area contributed by atoms with Crippen LogP contribution >= 0.6 is 0 Å². The lowest BCUT2D eigenvalue weighted by Crippen LogP contribution is -2.49. The van der Waals surface area contributed by atoms with Crippen molar-refractivity contribution in [2.75, 3.05) is 19.3 Å². The van der Waals surface area contributed by atoms with Crippen molar-refractivity contribution >= 4 is 26.8 Å². The molecule has 2 N–H and O–H groups in total. The molecule has 2 heterocycles. The molecule has 1 atom stereocenters. The number of rotatable bonds is 4. The van der Waals surface area contributed by atoms with Gasteiger partial charge >= 0.3 is 0 Å². The Labute approximate surface area is 135 Å². The van der Waals surface area contributed by atoms with E-state index in [-0.39, 0.29) is 18.5 Å². The molecule has 1 aliphatic heterocycles. The molecule has 1 amide bonds. The van der Waals surface area contributed by atoms with Gasteiger partial charge in [-0.3, -0.25) is 9.89 Å². The first-order valence-electron chi connectivity index (χ1n) is 7.64.